The quantitative estimate of drug-likeness (QED) is 0.520. The monoisotopic (exact) mass is 380 g/mol. The molecule has 3 aromatic carbocycles. The van der Waals surface area contributed by atoms with Gasteiger partial charge in [0.25, 0.3) is 0 Å². The van der Waals surface area contributed by atoms with E-state index in [0.717, 1.165) is 17.7 Å². The highest BCUT2D eigenvalue weighted by Gasteiger charge is 2.19. The minimum absolute atomic E-state index is 0. The van der Waals surface area contributed by atoms with Crippen LogP contribution in [-0.2, 0) is 13.0 Å². The Labute approximate surface area is 165 Å². The van der Waals surface area contributed by atoms with Gasteiger partial charge in [0.2, 0.25) is 0 Å². The average molecular weight is 381 g/mol. The lowest BCUT2D eigenvalue weighted by atomic mass is 9.95. The Kier molecular flexibility index (Phi) is 5.85. The Balaban J connectivity index is 0.00000210. The van der Waals surface area contributed by atoms with E-state index in [4.69, 9.17) is 5.73 Å². The van der Waals surface area contributed by atoms with E-state index in [1.807, 2.05) is 36.4 Å². The molecule has 1 heterocycles. The van der Waals surface area contributed by atoms with Crippen molar-refractivity contribution in [3.05, 3.63) is 83.9 Å². The maximum atomic E-state index is 10.6. The van der Waals surface area contributed by atoms with Gasteiger partial charge >= 0.3 is 0 Å². The lowest BCUT2D eigenvalue weighted by Gasteiger charge is -2.19. The van der Waals surface area contributed by atoms with Crippen molar-refractivity contribution in [2.75, 3.05) is 0 Å². The van der Waals surface area contributed by atoms with E-state index < -0.39 is 12.1 Å². The Bertz CT molecular complexity index is 1040. The minimum Gasteiger partial charge on any atom is -0.391 e. The molecular formula is C23H25ClN2O. The fourth-order valence-corrected chi connectivity index (χ4v) is 3.82. The van der Waals surface area contributed by atoms with Gasteiger partial charge in [-0.2, -0.15) is 0 Å². The summed E-state index contributed by atoms with van der Waals surface area (Å²) in [5.74, 6) is 0. The van der Waals surface area contributed by atoms with Gasteiger partial charge in [0.15, 0.2) is 0 Å². The fourth-order valence-electron chi connectivity index (χ4n) is 3.82. The summed E-state index contributed by atoms with van der Waals surface area (Å²) in [6.45, 7) is 3.08. The van der Waals surface area contributed by atoms with Crippen molar-refractivity contribution in [3.63, 3.8) is 0 Å². The summed E-state index contributed by atoms with van der Waals surface area (Å²) in [5, 5.41) is 13.1. The van der Waals surface area contributed by atoms with Crippen molar-refractivity contribution in [2.24, 2.45) is 5.73 Å². The van der Waals surface area contributed by atoms with Gasteiger partial charge in [0, 0.05) is 34.8 Å². The highest BCUT2D eigenvalue weighted by atomic mass is 35.5. The van der Waals surface area contributed by atoms with Crippen LogP contribution in [0.4, 0.5) is 0 Å². The lowest BCUT2D eigenvalue weighted by molar-refractivity contribution is 0.145. The zero-order valence-electron chi connectivity index (χ0n) is 15.4. The Morgan fingerprint density at radius 1 is 0.889 bits per heavy atom. The first kappa shape index (κ1) is 19.4. The third kappa shape index (κ3) is 3.59. The largest absolute Gasteiger partial charge is 0.391 e. The van der Waals surface area contributed by atoms with Crippen LogP contribution in [0.25, 0.3) is 21.8 Å². The number of nitrogens with two attached hydrogens (primary N) is 1. The molecule has 0 saturated heterocycles. The van der Waals surface area contributed by atoms with Crippen LogP contribution < -0.4 is 5.73 Å². The molecule has 0 saturated carbocycles. The summed E-state index contributed by atoms with van der Waals surface area (Å²) in [6.07, 6.45) is -0.0640. The number of halogens is 1. The number of hydrogen-bond donors (Lipinski definition) is 2. The van der Waals surface area contributed by atoms with Crippen LogP contribution in [0.1, 0.15) is 24.1 Å². The summed E-state index contributed by atoms with van der Waals surface area (Å²) in [6, 6.07) is 24.3. The van der Waals surface area contributed by atoms with Gasteiger partial charge in [-0.25, -0.2) is 0 Å². The first-order valence-corrected chi connectivity index (χ1v) is 9.17. The van der Waals surface area contributed by atoms with Crippen LogP contribution in [0.5, 0.6) is 0 Å². The van der Waals surface area contributed by atoms with Crippen molar-refractivity contribution in [1.82, 2.24) is 4.57 Å². The van der Waals surface area contributed by atoms with Gasteiger partial charge in [-0.3, -0.25) is 0 Å². The molecule has 3 nitrogen and oxygen atoms in total. The fraction of sp³-hybridized carbons (Fsp3) is 0.217. The molecule has 0 bridgehead atoms. The lowest BCUT2D eigenvalue weighted by Crippen LogP contribution is -2.28. The molecule has 3 N–H and O–H groups in total. The molecule has 4 rings (SSSR count). The molecule has 0 radical (unpaired) electrons. The van der Waals surface area contributed by atoms with E-state index in [0.29, 0.717) is 6.42 Å². The second kappa shape index (κ2) is 8.13. The van der Waals surface area contributed by atoms with E-state index in [2.05, 4.69) is 47.9 Å². The molecule has 27 heavy (non-hydrogen) atoms. The van der Waals surface area contributed by atoms with Crippen LogP contribution in [0.2, 0.25) is 0 Å². The summed E-state index contributed by atoms with van der Waals surface area (Å²) < 4.78 is 2.32. The van der Waals surface area contributed by atoms with Crippen molar-refractivity contribution in [2.45, 2.75) is 32.0 Å². The maximum Gasteiger partial charge on any atom is 0.0773 e. The molecule has 0 spiro atoms. The van der Waals surface area contributed by atoms with Gasteiger partial charge in [-0.1, -0.05) is 54.6 Å². The first-order valence-electron chi connectivity index (χ1n) is 9.17. The Morgan fingerprint density at radius 3 is 2.30 bits per heavy atom. The molecule has 0 aliphatic rings. The van der Waals surface area contributed by atoms with Crippen molar-refractivity contribution < 1.29 is 5.11 Å². The molecule has 0 aliphatic carbocycles. The summed E-state index contributed by atoms with van der Waals surface area (Å²) in [4.78, 5) is 0. The zero-order valence-corrected chi connectivity index (χ0v) is 16.2. The van der Waals surface area contributed by atoms with Crippen molar-refractivity contribution in [1.29, 1.82) is 0 Å². The number of para-hydroxylation sites is 1. The number of nitrogens with zero attached hydrogens (tertiary/aromatic N) is 1. The maximum absolute atomic E-state index is 10.6. The molecule has 2 atom stereocenters. The molecule has 4 heteroatoms. The number of rotatable bonds is 5. The molecule has 0 fully saturated rings. The number of aromatic nitrogens is 1. The van der Waals surface area contributed by atoms with Gasteiger partial charge in [0.1, 0.15) is 0 Å². The van der Waals surface area contributed by atoms with Crippen LogP contribution in [0, 0.1) is 0 Å². The molecule has 140 valence electrons. The average Bonchev–Trinajstić information content (AvgIpc) is 3.01. The second-order valence-corrected chi connectivity index (χ2v) is 6.82. The number of aliphatic hydroxyl groups is 1. The third-order valence-electron chi connectivity index (χ3n) is 5.20. The van der Waals surface area contributed by atoms with Crippen molar-refractivity contribution >= 4 is 34.2 Å². The van der Waals surface area contributed by atoms with E-state index in [-0.39, 0.29) is 12.4 Å². The first-order chi connectivity index (χ1) is 12.7. The summed E-state index contributed by atoms with van der Waals surface area (Å²) in [7, 11) is 0. The van der Waals surface area contributed by atoms with Crippen molar-refractivity contribution in [3.8, 4) is 0 Å². The van der Waals surface area contributed by atoms with E-state index >= 15 is 0 Å². The van der Waals surface area contributed by atoms with Gasteiger partial charge in [-0.15, -0.1) is 12.4 Å². The van der Waals surface area contributed by atoms with Crippen LogP contribution in [0.15, 0.2) is 72.8 Å². The molecule has 1 aromatic heterocycles. The zero-order chi connectivity index (χ0) is 18.1. The number of benzene rings is 3. The predicted octanol–water partition coefficient (Wildman–Crippen LogP) is 4.84. The summed E-state index contributed by atoms with van der Waals surface area (Å²) >= 11 is 0. The van der Waals surface area contributed by atoms with E-state index in [1.165, 1.54) is 21.8 Å². The SMILES string of the molecule is CCn1c2ccccc2c2cc([C@@H](N)[C@@H](O)Cc3ccccc3)ccc21.Cl. The Morgan fingerprint density at radius 2 is 1.56 bits per heavy atom. The van der Waals surface area contributed by atoms with Gasteiger partial charge in [-0.05, 0) is 36.2 Å². The number of aliphatic hydroxyl groups excluding tert-OH is 1. The smallest absolute Gasteiger partial charge is 0.0773 e. The normalized spacial score (nSPS) is 13.4. The highest BCUT2D eigenvalue weighted by Crippen LogP contribution is 2.31. The van der Waals surface area contributed by atoms with E-state index in [9.17, 15) is 5.11 Å². The number of fused-ring (bicyclic) bond motifs is 3. The minimum atomic E-state index is -0.616. The predicted molar refractivity (Wildman–Crippen MR) is 115 cm³/mol. The highest BCUT2D eigenvalue weighted by molar-refractivity contribution is 6.08. The molecule has 0 amide bonds. The van der Waals surface area contributed by atoms with E-state index in [1.54, 1.807) is 0 Å². The van der Waals surface area contributed by atoms with Crippen LogP contribution >= 0.6 is 12.4 Å². The molecule has 0 aliphatic heterocycles. The molecule has 0 unspecified atom stereocenters. The number of aryl methyl sites for hydroxylation is 1. The molecule has 4 aromatic rings. The van der Waals surface area contributed by atoms with Gasteiger partial charge < -0.3 is 15.4 Å². The molecular weight excluding hydrogens is 356 g/mol. The third-order valence-corrected chi connectivity index (χ3v) is 5.20. The summed E-state index contributed by atoms with van der Waals surface area (Å²) in [5.41, 5.74) is 10.9. The number of hydrogen-bond acceptors (Lipinski definition) is 2. The standard InChI is InChI=1S/C23H24N2O.ClH/c1-2-25-20-11-7-6-10-18(20)19-15-17(12-13-21(19)25)23(24)22(26)14-16-8-4-3-5-9-16;/h3-13,15,22-23,26H,2,14,24H2,1H3;1H/t22-,23+;/m0./s1. The topological polar surface area (TPSA) is 51.2 Å². The van der Waals surface area contributed by atoms with Crippen LogP contribution in [0.3, 0.4) is 0 Å². The van der Waals surface area contributed by atoms with Crippen LogP contribution in [-0.4, -0.2) is 15.8 Å². The second-order valence-electron chi connectivity index (χ2n) is 6.82. The Hall–Kier alpha value is -2.33. The van der Waals surface area contributed by atoms with Gasteiger partial charge in [0.05, 0.1) is 12.1 Å².